The van der Waals surface area contributed by atoms with Crippen molar-refractivity contribution < 1.29 is 60.6 Å². The number of aliphatic hydroxyl groups excluding tert-OH is 1. The highest BCUT2D eigenvalue weighted by atomic mass is 31.3. The largest absolute Gasteiger partial charge is 0.490 e. The second-order valence-electron chi connectivity index (χ2n) is 6.69. The summed E-state index contributed by atoms with van der Waals surface area (Å²) in [5.41, 5.74) is 1.29. The summed E-state index contributed by atoms with van der Waals surface area (Å²) in [4.78, 5) is 51.6. The number of aryl methyl sites for hydroxylation is 1. The van der Waals surface area contributed by atoms with E-state index in [2.05, 4.69) is 18.1 Å². The number of aliphatic hydroxyl groups is 1. The molecule has 0 amide bonds. The second kappa shape index (κ2) is 9.27. The van der Waals surface area contributed by atoms with Crippen molar-refractivity contribution in [3.8, 4) is 12.3 Å². The van der Waals surface area contributed by atoms with E-state index in [1.807, 2.05) is 0 Å². The Kier molecular flexibility index (Phi) is 7.80. The molecule has 0 radical (unpaired) electrons. The van der Waals surface area contributed by atoms with Crippen LogP contribution >= 0.6 is 23.5 Å². The molecular formula is C13H19FN3O13P3. The van der Waals surface area contributed by atoms with Gasteiger partial charge in [-0.15, -0.1) is 6.42 Å². The summed E-state index contributed by atoms with van der Waals surface area (Å²) in [6, 6.07) is 1.18. The van der Waals surface area contributed by atoms with Crippen LogP contribution in [0.25, 0.3) is 0 Å². The van der Waals surface area contributed by atoms with Crippen LogP contribution < -0.4 is 11.4 Å². The van der Waals surface area contributed by atoms with Crippen molar-refractivity contribution in [2.45, 2.75) is 44.1 Å². The van der Waals surface area contributed by atoms with Gasteiger partial charge in [0.1, 0.15) is 18.0 Å². The number of rotatable bonds is 8. The second-order valence-corrected chi connectivity index (χ2v) is 11.1. The number of nitrogens with two attached hydrogens (primary N) is 1. The zero-order valence-corrected chi connectivity index (χ0v) is 19.3. The molecule has 1 saturated heterocycles. The predicted octanol–water partition coefficient (Wildman–Crippen LogP) is -0.534. The Morgan fingerprint density at radius 3 is 2.36 bits per heavy atom. The highest BCUT2D eigenvalue weighted by Crippen LogP contribution is 2.66. The molecule has 4 unspecified atom stereocenters. The van der Waals surface area contributed by atoms with Gasteiger partial charge in [0.2, 0.25) is 5.67 Å². The van der Waals surface area contributed by atoms with E-state index in [0.29, 0.717) is 4.57 Å². The van der Waals surface area contributed by atoms with Crippen LogP contribution in [0, 0.1) is 19.3 Å². The van der Waals surface area contributed by atoms with Gasteiger partial charge in [0, 0.05) is 5.69 Å². The Bertz CT molecular complexity index is 1160. The normalized spacial score (nSPS) is 30.2. The first-order chi connectivity index (χ1) is 14.8. The minimum Gasteiger partial charge on any atom is -0.386 e. The van der Waals surface area contributed by atoms with Gasteiger partial charge in [0.05, 0.1) is 6.10 Å². The van der Waals surface area contributed by atoms with Crippen LogP contribution in [0.1, 0.15) is 18.8 Å². The molecule has 186 valence electrons. The van der Waals surface area contributed by atoms with Gasteiger partial charge in [-0.2, -0.15) is 13.6 Å². The highest BCUT2D eigenvalue weighted by Gasteiger charge is 2.60. The van der Waals surface area contributed by atoms with Gasteiger partial charge in [-0.25, -0.2) is 22.9 Å². The van der Waals surface area contributed by atoms with Crippen LogP contribution in [0.15, 0.2) is 10.9 Å². The summed E-state index contributed by atoms with van der Waals surface area (Å²) in [6.45, 7) is 2.26. The van der Waals surface area contributed by atoms with E-state index >= 15 is 4.39 Å². The zero-order chi connectivity index (χ0) is 25.6. The van der Waals surface area contributed by atoms with Crippen molar-refractivity contribution in [3.63, 3.8) is 0 Å². The number of phosphoric acid groups is 3. The Morgan fingerprint density at radius 2 is 1.88 bits per heavy atom. The van der Waals surface area contributed by atoms with Crippen LogP contribution in [0.4, 0.5) is 10.2 Å². The average Bonchev–Trinajstić information content (AvgIpc) is 2.83. The van der Waals surface area contributed by atoms with E-state index in [1.165, 1.54) is 13.0 Å². The van der Waals surface area contributed by atoms with Crippen LogP contribution in [-0.2, 0) is 31.6 Å². The summed E-state index contributed by atoms with van der Waals surface area (Å²) in [6.07, 6.45) is -2.78. The fourth-order valence-corrected chi connectivity index (χ4v) is 6.17. The van der Waals surface area contributed by atoms with Gasteiger partial charge in [0.25, 0.3) is 0 Å². The Labute approximate surface area is 184 Å². The third-order valence-corrected chi connectivity index (χ3v) is 8.11. The lowest BCUT2D eigenvalue weighted by Crippen LogP contribution is -2.46. The first-order valence-electron chi connectivity index (χ1n) is 8.50. The standard InChI is InChI=1S/C13H19FN3O13P3/c1-4-13(14)10(18)9(27-11(13)17-6(2)5-8(15)16-12(17)19)7(3)28-32(23,24)30-33(25,26)29-31(20,21)22/h1,5,7,9-11,18H,2-3H3,(H,23,24)(H,25,26)(H2,15,16,19)(H2,20,21,22)/t7-,9?,10?,11-,13-/m1/s1. The monoisotopic (exact) mass is 537 g/mol. The van der Waals surface area contributed by atoms with Crippen molar-refractivity contribution in [1.29, 1.82) is 0 Å². The molecule has 0 saturated carbocycles. The number of hydrogen-bond donors (Lipinski definition) is 6. The lowest BCUT2D eigenvalue weighted by atomic mass is 9.95. The number of nitrogen functional groups attached to an aromatic ring is 1. The fourth-order valence-electron chi connectivity index (χ4n) is 2.97. The van der Waals surface area contributed by atoms with Crippen molar-refractivity contribution in [3.05, 3.63) is 22.2 Å². The van der Waals surface area contributed by atoms with Crippen LogP contribution in [0.2, 0.25) is 0 Å². The topological polar surface area (TPSA) is 250 Å². The van der Waals surface area contributed by atoms with Gasteiger partial charge in [-0.05, 0) is 19.9 Å². The Balaban J connectivity index is 2.32. The number of halogens is 1. The number of nitrogens with zero attached hydrogens (tertiary/aromatic N) is 2. The fraction of sp³-hybridized carbons (Fsp3) is 0.538. The molecule has 16 nitrogen and oxygen atoms in total. The number of hydrogen-bond acceptors (Lipinski definition) is 11. The molecule has 20 heteroatoms. The molecule has 7 N–H and O–H groups in total. The molecular weight excluding hydrogens is 518 g/mol. The SMILES string of the molecule is C#C[C@@]1(F)C(O)C([C@@H](C)OP(=O)(O)OP(=O)(O)OP(=O)(O)O)O[C@H]1n1c(C)cc(N)nc1=O. The lowest BCUT2D eigenvalue weighted by Gasteiger charge is -2.25. The summed E-state index contributed by atoms with van der Waals surface area (Å²) >= 11 is 0. The molecule has 0 aromatic carbocycles. The molecule has 0 bridgehead atoms. The molecule has 1 aliphatic heterocycles. The Hall–Kier alpha value is -1.50. The van der Waals surface area contributed by atoms with Gasteiger partial charge in [-0.1, -0.05) is 5.92 Å². The summed E-state index contributed by atoms with van der Waals surface area (Å²) < 4.78 is 67.2. The predicted molar refractivity (Wildman–Crippen MR) is 105 cm³/mol. The number of phosphoric ester groups is 1. The van der Waals surface area contributed by atoms with E-state index in [1.54, 1.807) is 5.92 Å². The van der Waals surface area contributed by atoms with Crippen LogP contribution in [0.5, 0.6) is 0 Å². The number of ether oxygens (including phenoxy) is 1. The maximum atomic E-state index is 15.5. The zero-order valence-electron chi connectivity index (χ0n) is 16.7. The van der Waals surface area contributed by atoms with Gasteiger partial charge in [-0.3, -0.25) is 9.09 Å². The maximum absolute atomic E-state index is 15.5. The van der Waals surface area contributed by atoms with Crippen molar-refractivity contribution in [1.82, 2.24) is 9.55 Å². The first-order valence-corrected chi connectivity index (χ1v) is 13.0. The van der Waals surface area contributed by atoms with Crippen LogP contribution in [-0.4, -0.2) is 58.2 Å². The van der Waals surface area contributed by atoms with Gasteiger partial charge < -0.3 is 35.2 Å². The van der Waals surface area contributed by atoms with E-state index in [9.17, 15) is 33.4 Å². The quantitative estimate of drug-likeness (QED) is 0.180. The highest BCUT2D eigenvalue weighted by molar-refractivity contribution is 7.66. The van der Waals surface area contributed by atoms with Gasteiger partial charge in [0.15, 0.2) is 6.23 Å². The first kappa shape index (κ1) is 27.7. The molecule has 0 spiro atoms. The smallest absolute Gasteiger partial charge is 0.386 e. The third-order valence-electron chi connectivity index (χ3n) is 4.19. The van der Waals surface area contributed by atoms with Gasteiger partial charge >= 0.3 is 29.2 Å². The average molecular weight is 537 g/mol. The molecule has 2 rings (SSSR count). The molecule has 0 aliphatic carbocycles. The molecule has 1 aliphatic rings. The third kappa shape index (κ3) is 6.34. The molecule has 1 fully saturated rings. The number of anilines is 1. The minimum atomic E-state index is -5.82. The molecule has 2 heterocycles. The molecule has 7 atom stereocenters. The van der Waals surface area contributed by atoms with Crippen molar-refractivity contribution >= 4 is 29.3 Å². The molecule has 1 aromatic heterocycles. The van der Waals surface area contributed by atoms with E-state index in [-0.39, 0.29) is 11.5 Å². The number of terminal acetylenes is 1. The Morgan fingerprint density at radius 1 is 1.30 bits per heavy atom. The number of alkyl halides is 1. The molecule has 33 heavy (non-hydrogen) atoms. The van der Waals surface area contributed by atoms with E-state index in [4.69, 9.17) is 26.7 Å². The van der Waals surface area contributed by atoms with Crippen LogP contribution in [0.3, 0.4) is 0 Å². The van der Waals surface area contributed by atoms with Crippen molar-refractivity contribution in [2.24, 2.45) is 0 Å². The maximum Gasteiger partial charge on any atom is 0.490 e. The summed E-state index contributed by atoms with van der Waals surface area (Å²) in [5, 5.41) is 10.4. The summed E-state index contributed by atoms with van der Waals surface area (Å²) in [5.74, 6) is 1.45. The number of aromatic nitrogens is 2. The van der Waals surface area contributed by atoms with Crippen molar-refractivity contribution in [2.75, 3.05) is 5.73 Å². The minimum absolute atomic E-state index is 0.0307. The summed E-state index contributed by atoms with van der Waals surface area (Å²) in [7, 11) is -17.1. The van der Waals surface area contributed by atoms with E-state index < -0.39 is 59.4 Å². The lowest BCUT2D eigenvalue weighted by molar-refractivity contribution is -0.0786. The van der Waals surface area contributed by atoms with E-state index in [0.717, 1.165) is 6.92 Å². The molecule has 1 aromatic rings.